The van der Waals surface area contributed by atoms with Crippen LogP contribution in [0.1, 0.15) is 24.9 Å². The van der Waals surface area contributed by atoms with E-state index in [0.717, 1.165) is 22.0 Å². The third-order valence-electron chi connectivity index (χ3n) is 5.51. The maximum atomic E-state index is 12.9. The molecule has 1 fully saturated rings. The first-order chi connectivity index (χ1) is 14.1. The van der Waals surface area contributed by atoms with Crippen molar-refractivity contribution in [2.45, 2.75) is 19.4 Å². The molecule has 1 N–H and O–H groups in total. The zero-order valence-corrected chi connectivity index (χ0v) is 16.6. The van der Waals surface area contributed by atoms with Crippen molar-refractivity contribution < 1.29 is 14.3 Å². The molecule has 0 saturated carbocycles. The van der Waals surface area contributed by atoms with Gasteiger partial charge >= 0.3 is 0 Å². The summed E-state index contributed by atoms with van der Waals surface area (Å²) in [4.78, 5) is 27.1. The third kappa shape index (κ3) is 3.81. The molecule has 4 rings (SSSR count). The highest BCUT2D eigenvalue weighted by Gasteiger charge is 2.35. The fourth-order valence-electron chi connectivity index (χ4n) is 3.95. The molecule has 3 aromatic carbocycles. The van der Waals surface area contributed by atoms with Crippen molar-refractivity contribution in [1.82, 2.24) is 5.32 Å². The Morgan fingerprint density at radius 2 is 1.86 bits per heavy atom. The average molecular weight is 388 g/mol. The number of anilines is 1. The van der Waals surface area contributed by atoms with Gasteiger partial charge in [0.1, 0.15) is 5.75 Å². The summed E-state index contributed by atoms with van der Waals surface area (Å²) >= 11 is 0. The minimum absolute atomic E-state index is 0.0452. The van der Waals surface area contributed by atoms with Gasteiger partial charge < -0.3 is 15.0 Å². The van der Waals surface area contributed by atoms with Crippen LogP contribution in [0.5, 0.6) is 5.75 Å². The summed E-state index contributed by atoms with van der Waals surface area (Å²) in [5.41, 5.74) is 1.83. The molecule has 2 atom stereocenters. The number of nitrogens with zero attached hydrogens (tertiary/aromatic N) is 1. The highest BCUT2D eigenvalue weighted by Crippen LogP contribution is 2.29. The third-order valence-corrected chi connectivity index (χ3v) is 5.51. The van der Waals surface area contributed by atoms with E-state index < -0.39 is 0 Å². The van der Waals surface area contributed by atoms with Crippen LogP contribution in [0.4, 0.5) is 5.69 Å². The lowest BCUT2D eigenvalue weighted by atomic mass is 9.99. The highest BCUT2D eigenvalue weighted by molar-refractivity contribution is 6.00. The lowest BCUT2D eigenvalue weighted by Crippen LogP contribution is -2.34. The Hall–Kier alpha value is -3.34. The molecule has 0 aliphatic carbocycles. The quantitative estimate of drug-likeness (QED) is 0.717. The predicted molar refractivity (Wildman–Crippen MR) is 114 cm³/mol. The van der Waals surface area contributed by atoms with Gasteiger partial charge in [0.15, 0.2) is 0 Å². The summed E-state index contributed by atoms with van der Waals surface area (Å²) in [6, 6.07) is 21.5. The molecular formula is C24H24N2O3. The lowest BCUT2D eigenvalue weighted by molar-refractivity contribution is -0.126. The largest absolute Gasteiger partial charge is 0.497 e. The minimum atomic E-state index is -0.369. The summed E-state index contributed by atoms with van der Waals surface area (Å²) in [7, 11) is 1.59. The molecule has 0 aromatic heterocycles. The number of amides is 2. The van der Waals surface area contributed by atoms with Gasteiger partial charge in [0.05, 0.1) is 19.1 Å². The maximum Gasteiger partial charge on any atom is 0.227 e. The molecule has 29 heavy (non-hydrogen) atoms. The van der Waals surface area contributed by atoms with Crippen molar-refractivity contribution in [3.8, 4) is 5.75 Å². The molecule has 2 amide bonds. The van der Waals surface area contributed by atoms with Crippen LogP contribution in [0.3, 0.4) is 0 Å². The number of fused-ring (bicyclic) bond motifs is 1. The van der Waals surface area contributed by atoms with Crippen molar-refractivity contribution in [2.24, 2.45) is 5.92 Å². The van der Waals surface area contributed by atoms with Gasteiger partial charge in [0.2, 0.25) is 11.8 Å². The van der Waals surface area contributed by atoms with Crippen molar-refractivity contribution in [2.75, 3.05) is 18.6 Å². The SMILES string of the molecule is COc1cccc(N2C[C@@H](C(=O)N[C@@H](C)c3cccc4ccccc34)CC2=O)c1. The summed E-state index contributed by atoms with van der Waals surface area (Å²) in [5.74, 6) is 0.180. The second-order valence-corrected chi connectivity index (χ2v) is 7.41. The molecular weight excluding hydrogens is 364 g/mol. The van der Waals surface area contributed by atoms with Crippen LogP contribution in [0.25, 0.3) is 10.8 Å². The van der Waals surface area contributed by atoms with E-state index in [-0.39, 0.29) is 30.2 Å². The molecule has 0 radical (unpaired) electrons. The van der Waals surface area contributed by atoms with Gasteiger partial charge in [-0.2, -0.15) is 0 Å². The van der Waals surface area contributed by atoms with Crippen molar-refractivity contribution in [3.63, 3.8) is 0 Å². The Bertz CT molecular complexity index is 1060. The number of hydrogen-bond donors (Lipinski definition) is 1. The van der Waals surface area contributed by atoms with E-state index in [9.17, 15) is 9.59 Å². The lowest BCUT2D eigenvalue weighted by Gasteiger charge is -2.20. The Balaban J connectivity index is 1.48. The summed E-state index contributed by atoms with van der Waals surface area (Å²) < 4.78 is 5.24. The van der Waals surface area contributed by atoms with Gasteiger partial charge in [-0.3, -0.25) is 9.59 Å². The van der Waals surface area contributed by atoms with Crippen LogP contribution in [0, 0.1) is 5.92 Å². The van der Waals surface area contributed by atoms with E-state index in [1.807, 2.05) is 55.5 Å². The van der Waals surface area contributed by atoms with Gasteiger partial charge in [0.25, 0.3) is 0 Å². The van der Waals surface area contributed by atoms with E-state index >= 15 is 0 Å². The number of rotatable bonds is 5. The van der Waals surface area contributed by atoms with E-state index in [1.54, 1.807) is 12.0 Å². The normalized spacial score (nSPS) is 17.4. The Morgan fingerprint density at radius 3 is 2.69 bits per heavy atom. The first kappa shape index (κ1) is 19.0. The summed E-state index contributed by atoms with van der Waals surface area (Å²) in [5, 5.41) is 5.38. The second-order valence-electron chi connectivity index (χ2n) is 7.41. The highest BCUT2D eigenvalue weighted by atomic mass is 16.5. The van der Waals surface area contributed by atoms with Gasteiger partial charge in [-0.1, -0.05) is 48.5 Å². The topological polar surface area (TPSA) is 58.6 Å². The summed E-state index contributed by atoms with van der Waals surface area (Å²) in [6.45, 7) is 2.36. The van der Waals surface area contributed by atoms with E-state index in [0.29, 0.717) is 12.3 Å². The number of carbonyl (C=O) groups excluding carboxylic acids is 2. The standard InChI is InChI=1S/C24H24N2O3/c1-16(21-12-5-8-17-7-3-4-11-22(17)21)25-24(28)18-13-23(27)26(15-18)19-9-6-10-20(14-19)29-2/h3-12,14,16,18H,13,15H2,1-2H3,(H,25,28)/t16-,18-/m0/s1. The molecule has 1 aliphatic rings. The zero-order valence-electron chi connectivity index (χ0n) is 16.6. The van der Waals surface area contributed by atoms with Crippen molar-refractivity contribution in [3.05, 3.63) is 72.3 Å². The fourth-order valence-corrected chi connectivity index (χ4v) is 3.95. The first-order valence-electron chi connectivity index (χ1n) is 9.79. The van der Waals surface area contributed by atoms with E-state index in [2.05, 4.69) is 23.5 Å². The molecule has 5 heteroatoms. The van der Waals surface area contributed by atoms with Crippen molar-refractivity contribution in [1.29, 1.82) is 0 Å². The second kappa shape index (κ2) is 7.95. The molecule has 3 aromatic rings. The van der Waals surface area contributed by atoms with Crippen molar-refractivity contribution >= 4 is 28.3 Å². The van der Waals surface area contributed by atoms with E-state index in [4.69, 9.17) is 4.74 Å². The minimum Gasteiger partial charge on any atom is -0.497 e. The molecule has 0 bridgehead atoms. The van der Waals surface area contributed by atoms with Crippen LogP contribution in [-0.2, 0) is 9.59 Å². The van der Waals surface area contributed by atoms with Gasteiger partial charge in [0, 0.05) is 24.7 Å². The molecule has 0 spiro atoms. The fraction of sp³-hybridized carbons (Fsp3) is 0.250. The zero-order chi connectivity index (χ0) is 20.4. The molecule has 5 nitrogen and oxygen atoms in total. The van der Waals surface area contributed by atoms with Crippen LogP contribution >= 0.6 is 0 Å². The van der Waals surface area contributed by atoms with Gasteiger partial charge in [-0.25, -0.2) is 0 Å². The monoisotopic (exact) mass is 388 g/mol. The number of hydrogen-bond acceptors (Lipinski definition) is 3. The number of carbonyl (C=O) groups is 2. The van der Waals surface area contributed by atoms with Crippen LogP contribution < -0.4 is 15.0 Å². The number of benzene rings is 3. The Kier molecular flexibility index (Phi) is 5.21. The van der Waals surface area contributed by atoms with Crippen LogP contribution in [-0.4, -0.2) is 25.5 Å². The number of nitrogens with one attached hydrogen (secondary N) is 1. The molecule has 1 aliphatic heterocycles. The first-order valence-corrected chi connectivity index (χ1v) is 9.79. The Labute approximate surface area is 170 Å². The summed E-state index contributed by atoms with van der Waals surface area (Å²) in [6.07, 6.45) is 0.214. The number of ether oxygens (including phenoxy) is 1. The smallest absolute Gasteiger partial charge is 0.227 e. The van der Waals surface area contributed by atoms with Crippen LogP contribution in [0.2, 0.25) is 0 Å². The average Bonchev–Trinajstić information content (AvgIpc) is 3.15. The number of methoxy groups -OCH3 is 1. The molecule has 1 saturated heterocycles. The van der Waals surface area contributed by atoms with Gasteiger partial charge in [-0.15, -0.1) is 0 Å². The maximum absolute atomic E-state index is 12.9. The Morgan fingerprint density at radius 1 is 1.10 bits per heavy atom. The van der Waals surface area contributed by atoms with E-state index in [1.165, 1.54) is 0 Å². The molecule has 148 valence electrons. The van der Waals surface area contributed by atoms with Crippen LogP contribution in [0.15, 0.2) is 66.7 Å². The molecule has 0 unspecified atom stereocenters. The molecule has 1 heterocycles. The predicted octanol–water partition coefficient (Wildman–Crippen LogP) is 4.08. The van der Waals surface area contributed by atoms with Gasteiger partial charge in [-0.05, 0) is 35.4 Å².